The van der Waals surface area contributed by atoms with Gasteiger partial charge in [0.05, 0.1) is 6.10 Å². The highest BCUT2D eigenvalue weighted by Crippen LogP contribution is 2.19. The second-order valence-electron chi connectivity index (χ2n) is 2.98. The molecule has 59 valence electrons. The fraction of sp³-hybridized carbons (Fsp3) is 1.00. The summed E-state index contributed by atoms with van der Waals surface area (Å²) in [5.41, 5.74) is 0. The van der Waals surface area contributed by atoms with Crippen LogP contribution in [0, 0.1) is 0 Å². The minimum absolute atomic E-state index is 0.610. The van der Waals surface area contributed by atoms with Crippen LogP contribution in [0.4, 0.5) is 0 Å². The van der Waals surface area contributed by atoms with Crippen molar-refractivity contribution >= 4 is 10.2 Å². The van der Waals surface area contributed by atoms with Gasteiger partial charge < -0.3 is 4.74 Å². The molecular formula is C8H17OSi. The molecule has 0 aromatic carbocycles. The van der Waals surface area contributed by atoms with E-state index in [1.807, 2.05) is 10.2 Å². The van der Waals surface area contributed by atoms with Crippen molar-refractivity contribution in [2.45, 2.75) is 44.3 Å². The van der Waals surface area contributed by atoms with Gasteiger partial charge in [0.2, 0.25) is 0 Å². The molecule has 1 saturated carbocycles. The van der Waals surface area contributed by atoms with Gasteiger partial charge in [0.1, 0.15) is 0 Å². The molecule has 10 heavy (non-hydrogen) atoms. The lowest BCUT2D eigenvalue weighted by Crippen LogP contribution is -2.16. The summed E-state index contributed by atoms with van der Waals surface area (Å²) in [7, 11) is 1.99. The van der Waals surface area contributed by atoms with Crippen LogP contribution in [0.1, 0.15) is 32.1 Å². The molecule has 1 fully saturated rings. The molecule has 0 bridgehead atoms. The van der Waals surface area contributed by atoms with Crippen LogP contribution >= 0.6 is 0 Å². The molecular weight excluding hydrogens is 140 g/mol. The van der Waals surface area contributed by atoms with E-state index in [1.165, 1.54) is 38.1 Å². The molecule has 0 aromatic heterocycles. The summed E-state index contributed by atoms with van der Waals surface area (Å²) in [5, 5.41) is 0. The van der Waals surface area contributed by atoms with Crippen LogP contribution in [0.2, 0.25) is 6.04 Å². The SMILES string of the molecule is [SiH2]CCOC1CCCCC1. The summed E-state index contributed by atoms with van der Waals surface area (Å²) in [4.78, 5) is 0. The highest BCUT2D eigenvalue weighted by molar-refractivity contribution is 6.08. The van der Waals surface area contributed by atoms with Gasteiger partial charge in [-0.25, -0.2) is 0 Å². The Morgan fingerprint density at radius 2 is 1.90 bits per heavy atom. The first-order chi connectivity index (χ1) is 4.93. The second kappa shape index (κ2) is 4.91. The predicted molar refractivity (Wildman–Crippen MR) is 46.2 cm³/mol. The van der Waals surface area contributed by atoms with Crippen LogP contribution in [-0.2, 0) is 4.74 Å². The number of hydrogen-bond donors (Lipinski definition) is 0. The zero-order valence-electron chi connectivity index (χ0n) is 6.64. The van der Waals surface area contributed by atoms with Crippen molar-refractivity contribution in [3.8, 4) is 0 Å². The van der Waals surface area contributed by atoms with E-state index >= 15 is 0 Å². The maximum absolute atomic E-state index is 5.64. The minimum atomic E-state index is 0.610. The summed E-state index contributed by atoms with van der Waals surface area (Å²) < 4.78 is 5.64. The molecule has 0 N–H and O–H groups in total. The van der Waals surface area contributed by atoms with Gasteiger partial charge in [-0.2, -0.15) is 0 Å². The fourth-order valence-electron chi connectivity index (χ4n) is 1.48. The molecule has 1 nitrogen and oxygen atoms in total. The Kier molecular flexibility index (Phi) is 4.06. The maximum atomic E-state index is 5.64. The van der Waals surface area contributed by atoms with Crippen molar-refractivity contribution in [2.24, 2.45) is 0 Å². The lowest BCUT2D eigenvalue weighted by Gasteiger charge is -2.21. The van der Waals surface area contributed by atoms with Crippen LogP contribution in [-0.4, -0.2) is 23.0 Å². The van der Waals surface area contributed by atoms with Crippen LogP contribution in [0.15, 0.2) is 0 Å². The first-order valence-corrected chi connectivity index (χ1v) is 5.34. The summed E-state index contributed by atoms with van der Waals surface area (Å²) in [6, 6.07) is 1.19. The van der Waals surface area contributed by atoms with E-state index in [1.54, 1.807) is 0 Å². The Hall–Kier alpha value is 0.177. The number of hydrogen-bond acceptors (Lipinski definition) is 1. The topological polar surface area (TPSA) is 9.23 Å². The van der Waals surface area contributed by atoms with Gasteiger partial charge >= 0.3 is 0 Å². The lowest BCUT2D eigenvalue weighted by molar-refractivity contribution is 0.0370. The van der Waals surface area contributed by atoms with Gasteiger partial charge in [-0.05, 0) is 18.9 Å². The molecule has 0 aliphatic heterocycles. The van der Waals surface area contributed by atoms with E-state index in [9.17, 15) is 0 Å². The molecule has 0 unspecified atom stereocenters. The predicted octanol–water partition coefficient (Wildman–Crippen LogP) is 1.39. The van der Waals surface area contributed by atoms with Gasteiger partial charge in [0, 0.05) is 16.8 Å². The Morgan fingerprint density at radius 3 is 2.50 bits per heavy atom. The van der Waals surface area contributed by atoms with Crippen LogP contribution < -0.4 is 0 Å². The monoisotopic (exact) mass is 157 g/mol. The van der Waals surface area contributed by atoms with Crippen LogP contribution in [0.5, 0.6) is 0 Å². The van der Waals surface area contributed by atoms with Crippen molar-refractivity contribution in [3.63, 3.8) is 0 Å². The first-order valence-electron chi connectivity index (χ1n) is 4.34. The van der Waals surface area contributed by atoms with Crippen molar-refractivity contribution in [1.29, 1.82) is 0 Å². The Labute approximate surface area is 66.6 Å². The highest BCUT2D eigenvalue weighted by atomic mass is 28.1. The van der Waals surface area contributed by atoms with Gasteiger partial charge in [-0.15, -0.1) is 0 Å². The third-order valence-corrected chi connectivity index (χ3v) is 2.34. The van der Waals surface area contributed by atoms with Crippen molar-refractivity contribution < 1.29 is 4.74 Å². The molecule has 0 spiro atoms. The Bertz CT molecular complexity index is 79.3. The zero-order chi connectivity index (χ0) is 7.23. The van der Waals surface area contributed by atoms with Crippen LogP contribution in [0.25, 0.3) is 0 Å². The molecule has 0 saturated heterocycles. The number of rotatable bonds is 3. The van der Waals surface area contributed by atoms with E-state index in [0.29, 0.717) is 6.10 Å². The van der Waals surface area contributed by atoms with E-state index < -0.39 is 0 Å². The van der Waals surface area contributed by atoms with Gasteiger partial charge in [-0.1, -0.05) is 19.3 Å². The molecule has 1 rings (SSSR count). The third kappa shape index (κ3) is 2.84. The average molecular weight is 157 g/mol. The largest absolute Gasteiger partial charge is 0.379 e. The van der Waals surface area contributed by atoms with Gasteiger partial charge in [0.15, 0.2) is 0 Å². The molecule has 0 atom stereocenters. The Morgan fingerprint density at radius 1 is 1.20 bits per heavy atom. The fourth-order valence-corrected chi connectivity index (χ4v) is 1.65. The normalized spacial score (nSPS) is 21.3. The molecule has 0 amide bonds. The smallest absolute Gasteiger partial charge is 0.0575 e. The van der Waals surface area contributed by atoms with Crippen molar-refractivity contribution in [1.82, 2.24) is 0 Å². The molecule has 0 aromatic rings. The molecule has 1 aliphatic rings. The van der Waals surface area contributed by atoms with Crippen molar-refractivity contribution in [3.05, 3.63) is 0 Å². The minimum Gasteiger partial charge on any atom is -0.379 e. The third-order valence-electron chi connectivity index (χ3n) is 2.05. The highest BCUT2D eigenvalue weighted by Gasteiger charge is 2.12. The van der Waals surface area contributed by atoms with Gasteiger partial charge in [-0.3, -0.25) is 0 Å². The Balaban J connectivity index is 2.02. The lowest BCUT2D eigenvalue weighted by atomic mass is 9.98. The number of ether oxygens (including phenoxy) is 1. The summed E-state index contributed by atoms with van der Waals surface area (Å²) in [5.74, 6) is 0. The quantitative estimate of drug-likeness (QED) is 0.563. The molecule has 0 heterocycles. The molecule has 2 heteroatoms. The maximum Gasteiger partial charge on any atom is 0.0575 e. The summed E-state index contributed by atoms with van der Waals surface area (Å²) in [6.07, 6.45) is 7.42. The van der Waals surface area contributed by atoms with Crippen LogP contribution in [0.3, 0.4) is 0 Å². The zero-order valence-corrected chi connectivity index (χ0v) is 8.06. The van der Waals surface area contributed by atoms with Crippen molar-refractivity contribution in [2.75, 3.05) is 6.61 Å². The standard InChI is InChI=1S/C8H17OSi/c10-7-6-9-8-4-2-1-3-5-8/h8H,1-7,10H2. The molecule has 1 aliphatic carbocycles. The summed E-state index contributed by atoms with van der Waals surface area (Å²) >= 11 is 0. The first kappa shape index (κ1) is 8.28. The van der Waals surface area contributed by atoms with Gasteiger partial charge in [0.25, 0.3) is 0 Å². The summed E-state index contributed by atoms with van der Waals surface area (Å²) in [6.45, 7) is 0.975. The van der Waals surface area contributed by atoms with E-state index in [4.69, 9.17) is 4.74 Å². The van der Waals surface area contributed by atoms with E-state index in [2.05, 4.69) is 0 Å². The second-order valence-corrected chi connectivity index (χ2v) is 3.69. The van der Waals surface area contributed by atoms with E-state index in [0.717, 1.165) is 6.61 Å². The molecule has 1 radical (unpaired) electrons. The average Bonchev–Trinajstić information content (AvgIpc) is 2.03. The van der Waals surface area contributed by atoms with E-state index in [-0.39, 0.29) is 0 Å².